The number of amides is 1. The fourth-order valence-electron chi connectivity index (χ4n) is 4.12. The Labute approximate surface area is 235 Å². The van der Waals surface area contributed by atoms with Gasteiger partial charge in [0.05, 0.1) is 24.7 Å². The molecule has 40 heavy (non-hydrogen) atoms. The predicted octanol–water partition coefficient (Wildman–Crippen LogP) is 3.60. The van der Waals surface area contributed by atoms with E-state index in [1.165, 1.54) is 46.6 Å². The summed E-state index contributed by atoms with van der Waals surface area (Å²) in [6.45, 7) is 3.57. The lowest BCUT2D eigenvalue weighted by Gasteiger charge is -2.28. The summed E-state index contributed by atoms with van der Waals surface area (Å²) < 4.78 is 40.7. The molecule has 12 heteroatoms. The topological polar surface area (TPSA) is 135 Å². The molecule has 0 saturated heterocycles. The monoisotopic (exact) mass is 583 g/mol. The van der Waals surface area contributed by atoms with E-state index >= 15 is 0 Å². The van der Waals surface area contributed by atoms with Gasteiger partial charge in [0.15, 0.2) is 0 Å². The Kier molecular flexibility index (Phi) is 9.35. The number of thiophene rings is 1. The van der Waals surface area contributed by atoms with E-state index < -0.39 is 27.9 Å². The molecule has 4 rings (SSSR count). The van der Waals surface area contributed by atoms with E-state index in [1.54, 1.807) is 38.1 Å². The van der Waals surface area contributed by atoms with Crippen LogP contribution in [0.15, 0.2) is 81.8 Å². The van der Waals surface area contributed by atoms with Gasteiger partial charge < -0.3 is 19.4 Å². The van der Waals surface area contributed by atoms with E-state index in [-0.39, 0.29) is 36.8 Å². The molecule has 0 unspecified atom stereocenters. The maximum absolute atomic E-state index is 14.1. The van der Waals surface area contributed by atoms with Crippen LogP contribution in [0, 0.1) is 0 Å². The van der Waals surface area contributed by atoms with Crippen LogP contribution in [-0.4, -0.2) is 49.9 Å². The van der Waals surface area contributed by atoms with Crippen molar-refractivity contribution in [1.82, 2.24) is 14.6 Å². The van der Waals surface area contributed by atoms with Crippen molar-refractivity contribution in [3.63, 3.8) is 0 Å². The zero-order valence-corrected chi connectivity index (χ0v) is 23.6. The molecule has 0 fully saturated rings. The molecule has 1 amide bonds. The van der Waals surface area contributed by atoms with Gasteiger partial charge in [0.25, 0.3) is 0 Å². The Morgan fingerprint density at radius 2 is 1.82 bits per heavy atom. The van der Waals surface area contributed by atoms with Gasteiger partial charge in [-0.3, -0.25) is 14.4 Å². The number of esters is 1. The Balaban J connectivity index is 1.77. The minimum Gasteiger partial charge on any atom is -0.494 e. The molecule has 10 nitrogen and oxygen atoms in total. The van der Waals surface area contributed by atoms with Crippen molar-refractivity contribution in [2.75, 3.05) is 19.8 Å². The van der Waals surface area contributed by atoms with E-state index in [0.29, 0.717) is 22.2 Å². The van der Waals surface area contributed by atoms with Crippen molar-refractivity contribution in [3.05, 3.63) is 92.9 Å². The van der Waals surface area contributed by atoms with Crippen LogP contribution in [0.3, 0.4) is 0 Å². The summed E-state index contributed by atoms with van der Waals surface area (Å²) in [5.41, 5.74) is 0.451. The number of rotatable bonds is 12. The van der Waals surface area contributed by atoms with Gasteiger partial charge >= 0.3 is 5.97 Å². The van der Waals surface area contributed by atoms with Gasteiger partial charge in [-0.05, 0) is 61.0 Å². The summed E-state index contributed by atoms with van der Waals surface area (Å²) >= 11 is 1.41. The van der Waals surface area contributed by atoms with Crippen molar-refractivity contribution < 1.29 is 27.5 Å². The summed E-state index contributed by atoms with van der Waals surface area (Å²) in [6.07, 6.45) is 0. The average Bonchev–Trinajstić information content (AvgIpc) is 3.45. The Bertz CT molecular complexity index is 1650. The van der Waals surface area contributed by atoms with E-state index in [9.17, 15) is 22.8 Å². The normalized spacial score (nSPS) is 12.2. The molecule has 0 spiro atoms. The van der Waals surface area contributed by atoms with Crippen molar-refractivity contribution in [1.29, 1.82) is 0 Å². The quantitative estimate of drug-likeness (QED) is 0.243. The van der Waals surface area contributed by atoms with Crippen LogP contribution in [0.4, 0.5) is 0 Å². The summed E-state index contributed by atoms with van der Waals surface area (Å²) in [7, 11) is -4.28. The van der Waals surface area contributed by atoms with E-state index in [1.807, 2.05) is 17.5 Å². The molecule has 2 aromatic heterocycles. The average molecular weight is 584 g/mol. The number of ether oxygens (including phenoxy) is 2. The number of nitrogens with one attached hydrogen (secondary N) is 2. The smallest absolute Gasteiger partial charge is 0.325 e. The highest BCUT2D eigenvalue weighted by Crippen LogP contribution is 2.30. The second kappa shape index (κ2) is 12.9. The van der Waals surface area contributed by atoms with Gasteiger partial charge in [-0.2, -0.15) is 4.72 Å². The van der Waals surface area contributed by atoms with E-state index in [2.05, 4.69) is 9.71 Å². The lowest BCUT2D eigenvalue weighted by molar-refractivity contribution is -0.149. The SMILES string of the molecule is CCOC(=O)CN(Cc1cccs1)C(=O)[C@H](NS(=O)(=O)c1ccc2[nH]c(=O)ccc2c1)c1ccccc1OCC. The molecule has 2 N–H and O–H groups in total. The van der Waals surface area contributed by atoms with Crippen molar-refractivity contribution in [3.8, 4) is 5.75 Å². The van der Waals surface area contributed by atoms with Crippen LogP contribution in [-0.2, 0) is 30.9 Å². The first-order valence-corrected chi connectivity index (χ1v) is 14.9. The van der Waals surface area contributed by atoms with Gasteiger partial charge in [0.2, 0.25) is 21.5 Å². The molecule has 2 aromatic carbocycles. The Morgan fingerprint density at radius 1 is 1.02 bits per heavy atom. The number of hydrogen-bond acceptors (Lipinski definition) is 8. The first-order valence-electron chi connectivity index (χ1n) is 12.6. The highest BCUT2D eigenvalue weighted by atomic mass is 32.2. The van der Waals surface area contributed by atoms with Crippen LogP contribution >= 0.6 is 11.3 Å². The van der Waals surface area contributed by atoms with E-state index in [4.69, 9.17) is 9.47 Å². The highest BCUT2D eigenvalue weighted by molar-refractivity contribution is 7.89. The molecule has 0 bridgehead atoms. The lowest BCUT2D eigenvalue weighted by atomic mass is 10.0. The number of para-hydroxylation sites is 1. The number of sulfonamides is 1. The maximum atomic E-state index is 14.1. The third-order valence-electron chi connectivity index (χ3n) is 5.92. The standard InChI is InChI=1S/C28H29N3O7S2/c1-3-37-24-10-6-5-9-22(24)27(28(34)31(18-26(33)38-4-2)17-20-8-7-15-39-20)30-40(35,36)21-12-13-23-19(16-21)11-14-25(32)29-23/h5-16,27,30H,3-4,17-18H2,1-2H3,(H,29,32)/t27-/m1/s1. The van der Waals surface area contributed by atoms with Crippen LogP contribution in [0.5, 0.6) is 5.75 Å². The first kappa shape index (κ1) is 29.0. The van der Waals surface area contributed by atoms with Crippen LogP contribution < -0.4 is 15.0 Å². The van der Waals surface area contributed by atoms with Crippen LogP contribution in [0.1, 0.15) is 30.3 Å². The molecular weight excluding hydrogens is 554 g/mol. The zero-order chi connectivity index (χ0) is 28.7. The number of hydrogen-bond donors (Lipinski definition) is 2. The lowest BCUT2D eigenvalue weighted by Crippen LogP contribution is -2.44. The number of pyridine rings is 1. The second-order valence-electron chi connectivity index (χ2n) is 8.68. The van der Waals surface area contributed by atoms with Gasteiger partial charge in [0, 0.05) is 22.0 Å². The zero-order valence-electron chi connectivity index (χ0n) is 22.0. The second-order valence-corrected chi connectivity index (χ2v) is 11.4. The number of nitrogens with zero attached hydrogens (tertiary/aromatic N) is 1. The number of aromatic nitrogens is 1. The van der Waals surface area contributed by atoms with Crippen molar-refractivity contribution in [2.45, 2.75) is 31.3 Å². The minimum atomic E-state index is -4.28. The van der Waals surface area contributed by atoms with Gasteiger partial charge in [-0.25, -0.2) is 8.42 Å². The van der Waals surface area contributed by atoms with Crippen LogP contribution in [0.25, 0.3) is 10.9 Å². The maximum Gasteiger partial charge on any atom is 0.325 e. The molecule has 0 aliphatic rings. The van der Waals surface area contributed by atoms with Crippen molar-refractivity contribution >= 4 is 44.1 Å². The predicted molar refractivity (Wildman–Crippen MR) is 152 cm³/mol. The molecule has 4 aromatic rings. The summed E-state index contributed by atoms with van der Waals surface area (Å²) in [5.74, 6) is -0.938. The summed E-state index contributed by atoms with van der Waals surface area (Å²) in [4.78, 5) is 42.9. The molecule has 0 radical (unpaired) electrons. The number of carbonyl (C=O) groups excluding carboxylic acids is 2. The number of H-pyrrole nitrogens is 1. The molecule has 0 aliphatic carbocycles. The van der Waals surface area contributed by atoms with Crippen LogP contribution in [0.2, 0.25) is 0 Å². The van der Waals surface area contributed by atoms with Gasteiger partial charge in [-0.1, -0.05) is 24.3 Å². The fraction of sp³-hybridized carbons (Fsp3) is 0.250. The molecular formula is C28H29N3O7S2. The minimum absolute atomic E-state index is 0.0771. The highest BCUT2D eigenvalue weighted by Gasteiger charge is 2.34. The number of benzene rings is 2. The molecule has 1 atom stereocenters. The Morgan fingerprint density at radius 3 is 2.55 bits per heavy atom. The number of carbonyl (C=O) groups is 2. The number of aromatic amines is 1. The number of fused-ring (bicyclic) bond motifs is 1. The molecule has 210 valence electrons. The summed E-state index contributed by atoms with van der Waals surface area (Å²) in [6, 6.07) is 15.9. The summed E-state index contributed by atoms with van der Waals surface area (Å²) in [5, 5.41) is 2.35. The largest absolute Gasteiger partial charge is 0.494 e. The van der Waals surface area contributed by atoms with Gasteiger partial charge in [0.1, 0.15) is 18.3 Å². The third kappa shape index (κ3) is 6.95. The first-order chi connectivity index (χ1) is 19.2. The molecule has 2 heterocycles. The fourth-order valence-corrected chi connectivity index (χ4v) is 6.05. The van der Waals surface area contributed by atoms with Gasteiger partial charge in [-0.15, -0.1) is 11.3 Å². The molecule has 0 saturated carbocycles. The Hall–Kier alpha value is -4.00. The van der Waals surface area contributed by atoms with Crippen molar-refractivity contribution in [2.24, 2.45) is 0 Å². The van der Waals surface area contributed by atoms with E-state index in [0.717, 1.165) is 4.88 Å². The molecule has 0 aliphatic heterocycles. The third-order valence-corrected chi connectivity index (χ3v) is 8.20.